The highest BCUT2D eigenvalue weighted by molar-refractivity contribution is 5.75. The maximum Gasteiger partial charge on any atom is 0.337 e. The Kier molecular flexibility index (Phi) is 5.24. The van der Waals surface area contributed by atoms with Crippen LogP contribution in [0.1, 0.15) is 0 Å². The van der Waals surface area contributed by atoms with Gasteiger partial charge in [0, 0.05) is 0 Å². The van der Waals surface area contributed by atoms with Gasteiger partial charge < -0.3 is 30.0 Å². The third-order valence-electron chi connectivity index (χ3n) is 1.61. The number of aldehydes is 1. The SMILES string of the molecule is COC(=O)[C@@H](O)[C@@H](O)[C@@H](O)[C@@H](O)C=O. The Balaban J connectivity index is 4.37. The maximum atomic E-state index is 10.7. The van der Waals surface area contributed by atoms with Gasteiger partial charge in [-0.25, -0.2) is 4.79 Å². The van der Waals surface area contributed by atoms with Gasteiger partial charge in [-0.3, -0.25) is 0 Å². The molecule has 0 rings (SSSR count). The Labute approximate surface area is 79.5 Å². The van der Waals surface area contributed by atoms with Gasteiger partial charge >= 0.3 is 5.97 Å². The molecule has 4 N–H and O–H groups in total. The number of aliphatic hydroxyl groups is 4. The number of aliphatic hydroxyl groups excluding tert-OH is 4. The van der Waals surface area contributed by atoms with Crippen molar-refractivity contribution >= 4 is 12.3 Å². The van der Waals surface area contributed by atoms with Crippen LogP contribution in [0.5, 0.6) is 0 Å². The minimum atomic E-state index is -2.01. The number of carbonyl (C=O) groups is 2. The lowest BCUT2D eigenvalue weighted by molar-refractivity contribution is -0.166. The van der Waals surface area contributed by atoms with Crippen LogP contribution >= 0.6 is 0 Å². The van der Waals surface area contributed by atoms with Crippen molar-refractivity contribution in [2.75, 3.05) is 7.11 Å². The molecule has 4 atom stereocenters. The van der Waals surface area contributed by atoms with E-state index in [4.69, 9.17) is 20.4 Å². The molecule has 0 spiro atoms. The highest BCUT2D eigenvalue weighted by atomic mass is 16.5. The molecule has 0 radical (unpaired) electrons. The summed E-state index contributed by atoms with van der Waals surface area (Å²) in [5.41, 5.74) is 0. The van der Waals surface area contributed by atoms with Gasteiger partial charge in [0.2, 0.25) is 0 Å². The first-order chi connectivity index (χ1) is 6.45. The second kappa shape index (κ2) is 5.66. The molecule has 0 unspecified atom stereocenters. The molecule has 0 aliphatic heterocycles. The topological polar surface area (TPSA) is 124 Å². The van der Waals surface area contributed by atoms with E-state index in [1.54, 1.807) is 0 Å². The zero-order valence-electron chi connectivity index (χ0n) is 7.40. The number of esters is 1. The summed E-state index contributed by atoms with van der Waals surface area (Å²) in [6.07, 6.45) is -7.84. The summed E-state index contributed by atoms with van der Waals surface area (Å²) in [6, 6.07) is 0. The number of carbonyl (C=O) groups excluding carboxylic acids is 2. The van der Waals surface area contributed by atoms with Gasteiger partial charge in [0.05, 0.1) is 7.11 Å². The Morgan fingerprint density at radius 3 is 2.07 bits per heavy atom. The van der Waals surface area contributed by atoms with E-state index in [2.05, 4.69) is 4.74 Å². The summed E-state index contributed by atoms with van der Waals surface area (Å²) < 4.78 is 4.07. The molecular formula is C7H12O7. The molecule has 14 heavy (non-hydrogen) atoms. The van der Waals surface area contributed by atoms with Crippen LogP contribution in [0.3, 0.4) is 0 Å². The van der Waals surface area contributed by atoms with E-state index < -0.39 is 30.4 Å². The molecule has 0 aromatic heterocycles. The van der Waals surface area contributed by atoms with Crippen molar-refractivity contribution in [2.45, 2.75) is 24.4 Å². The number of rotatable bonds is 5. The van der Waals surface area contributed by atoms with Crippen molar-refractivity contribution in [1.82, 2.24) is 0 Å². The highest BCUT2D eigenvalue weighted by Crippen LogP contribution is 2.05. The van der Waals surface area contributed by atoms with Crippen molar-refractivity contribution in [3.05, 3.63) is 0 Å². The first kappa shape index (κ1) is 13.0. The van der Waals surface area contributed by atoms with Gasteiger partial charge in [-0.05, 0) is 0 Å². The van der Waals surface area contributed by atoms with Crippen LogP contribution in [0.15, 0.2) is 0 Å². The second-order valence-corrected chi connectivity index (χ2v) is 2.58. The molecule has 0 fully saturated rings. The molecule has 0 saturated carbocycles. The van der Waals surface area contributed by atoms with E-state index in [-0.39, 0.29) is 6.29 Å². The molecule has 7 nitrogen and oxygen atoms in total. The lowest BCUT2D eigenvalue weighted by Gasteiger charge is -2.22. The monoisotopic (exact) mass is 208 g/mol. The van der Waals surface area contributed by atoms with Gasteiger partial charge in [-0.1, -0.05) is 0 Å². The lowest BCUT2D eigenvalue weighted by Crippen LogP contribution is -2.48. The van der Waals surface area contributed by atoms with E-state index in [0.717, 1.165) is 7.11 Å². The summed E-state index contributed by atoms with van der Waals surface area (Å²) in [5, 5.41) is 35.8. The van der Waals surface area contributed by atoms with Gasteiger partial charge in [0.15, 0.2) is 12.4 Å². The van der Waals surface area contributed by atoms with Crippen molar-refractivity contribution in [3.8, 4) is 0 Å². The van der Waals surface area contributed by atoms with Crippen molar-refractivity contribution in [1.29, 1.82) is 0 Å². The van der Waals surface area contributed by atoms with Gasteiger partial charge in [-0.2, -0.15) is 0 Å². The molecule has 0 aliphatic carbocycles. The summed E-state index contributed by atoms with van der Waals surface area (Å²) in [6.45, 7) is 0. The van der Waals surface area contributed by atoms with E-state index in [1.807, 2.05) is 0 Å². The van der Waals surface area contributed by atoms with Crippen LogP contribution in [-0.2, 0) is 14.3 Å². The standard InChI is InChI=1S/C7H12O7/c1-14-7(13)6(12)5(11)4(10)3(9)2-8/h2-6,9-12H,1H3/t3-,4-,5-,6-/m0/s1. The summed E-state index contributed by atoms with van der Waals surface area (Å²) in [7, 11) is 0.973. The molecule has 7 heteroatoms. The van der Waals surface area contributed by atoms with Crippen molar-refractivity contribution < 1.29 is 34.8 Å². The smallest absolute Gasteiger partial charge is 0.337 e. The fourth-order valence-corrected chi connectivity index (χ4v) is 0.729. The number of hydrogen-bond acceptors (Lipinski definition) is 7. The van der Waals surface area contributed by atoms with E-state index in [1.165, 1.54) is 0 Å². The van der Waals surface area contributed by atoms with Crippen molar-refractivity contribution in [2.24, 2.45) is 0 Å². The Morgan fingerprint density at radius 2 is 1.71 bits per heavy atom. The van der Waals surface area contributed by atoms with Crippen LogP contribution in [0.2, 0.25) is 0 Å². The third-order valence-corrected chi connectivity index (χ3v) is 1.61. The lowest BCUT2D eigenvalue weighted by atomic mass is 10.0. The molecule has 82 valence electrons. The first-order valence-electron chi connectivity index (χ1n) is 3.71. The average molecular weight is 208 g/mol. The van der Waals surface area contributed by atoms with E-state index in [0.29, 0.717) is 0 Å². The number of ether oxygens (including phenoxy) is 1. The molecule has 0 heterocycles. The van der Waals surface area contributed by atoms with Crippen LogP contribution in [-0.4, -0.2) is 64.2 Å². The fraction of sp³-hybridized carbons (Fsp3) is 0.714. The minimum absolute atomic E-state index is 0.0299. The summed E-state index contributed by atoms with van der Waals surface area (Å²) in [4.78, 5) is 20.6. The Hall–Kier alpha value is -1.02. The molecular weight excluding hydrogens is 196 g/mol. The fourth-order valence-electron chi connectivity index (χ4n) is 0.729. The predicted octanol–water partition coefficient (Wildman–Crippen LogP) is -3.20. The molecule has 0 bridgehead atoms. The van der Waals surface area contributed by atoms with Gasteiger partial charge in [0.25, 0.3) is 0 Å². The van der Waals surface area contributed by atoms with E-state index in [9.17, 15) is 9.59 Å². The van der Waals surface area contributed by atoms with Crippen LogP contribution in [0, 0.1) is 0 Å². The average Bonchev–Trinajstić information content (AvgIpc) is 2.23. The van der Waals surface area contributed by atoms with Gasteiger partial charge in [0.1, 0.15) is 18.3 Å². The zero-order valence-corrected chi connectivity index (χ0v) is 7.40. The number of methoxy groups -OCH3 is 1. The predicted molar refractivity (Wildman–Crippen MR) is 42.1 cm³/mol. The molecule has 0 aromatic rings. The molecule has 0 aliphatic rings. The van der Waals surface area contributed by atoms with Crippen LogP contribution < -0.4 is 0 Å². The normalized spacial score (nSPS) is 19.2. The van der Waals surface area contributed by atoms with Crippen LogP contribution in [0.4, 0.5) is 0 Å². The Morgan fingerprint density at radius 1 is 1.21 bits per heavy atom. The maximum absolute atomic E-state index is 10.7. The second-order valence-electron chi connectivity index (χ2n) is 2.58. The zero-order chi connectivity index (χ0) is 11.3. The minimum Gasteiger partial charge on any atom is -0.467 e. The van der Waals surface area contributed by atoms with Crippen molar-refractivity contribution in [3.63, 3.8) is 0 Å². The molecule has 0 saturated heterocycles. The largest absolute Gasteiger partial charge is 0.467 e. The summed E-state index contributed by atoms with van der Waals surface area (Å²) in [5.74, 6) is -1.17. The Bertz CT molecular complexity index is 204. The quantitative estimate of drug-likeness (QED) is 0.277. The van der Waals surface area contributed by atoms with Crippen LogP contribution in [0.25, 0.3) is 0 Å². The molecule has 0 amide bonds. The van der Waals surface area contributed by atoms with E-state index >= 15 is 0 Å². The summed E-state index contributed by atoms with van der Waals surface area (Å²) >= 11 is 0. The number of hydrogen-bond donors (Lipinski definition) is 4. The molecule has 0 aromatic carbocycles. The van der Waals surface area contributed by atoms with Gasteiger partial charge in [-0.15, -0.1) is 0 Å². The highest BCUT2D eigenvalue weighted by Gasteiger charge is 2.34. The first-order valence-corrected chi connectivity index (χ1v) is 3.71. The third kappa shape index (κ3) is 3.04.